The second-order valence-electron chi connectivity index (χ2n) is 4.03. The summed E-state index contributed by atoms with van der Waals surface area (Å²) in [6.07, 6.45) is 1.17. The molecule has 0 spiro atoms. The predicted molar refractivity (Wildman–Crippen MR) is 61.9 cm³/mol. The van der Waals surface area contributed by atoms with Crippen LogP contribution in [-0.4, -0.2) is 19.9 Å². The van der Waals surface area contributed by atoms with Crippen LogP contribution in [0.5, 0.6) is 0 Å². The molecule has 1 saturated carbocycles. The van der Waals surface area contributed by atoms with Crippen LogP contribution >= 0.6 is 11.6 Å². The van der Waals surface area contributed by atoms with Gasteiger partial charge in [-0.05, 0) is 17.7 Å². The van der Waals surface area contributed by atoms with Crippen molar-refractivity contribution in [2.75, 3.05) is 6.26 Å². The highest BCUT2D eigenvalue weighted by Gasteiger charge is 2.57. The summed E-state index contributed by atoms with van der Waals surface area (Å²) in [7, 11) is -3.17. The van der Waals surface area contributed by atoms with Crippen molar-refractivity contribution in [3.63, 3.8) is 0 Å². The van der Waals surface area contributed by atoms with Crippen LogP contribution in [0.25, 0.3) is 0 Å². The monoisotopic (exact) mass is 255 g/mol. The summed E-state index contributed by atoms with van der Waals surface area (Å²) in [5.74, 6) is -0.660. The lowest BCUT2D eigenvalue weighted by Crippen LogP contribution is -2.06. The standard InChI is InChI=1S/C11H10ClNO2S/c1-16(14,15)11-9(6-13)10(11)7-3-2-4-8(12)5-7/h2-5,9-11H,1H3. The Hall–Kier alpha value is -1.05. The van der Waals surface area contributed by atoms with Gasteiger partial charge < -0.3 is 0 Å². The highest BCUT2D eigenvalue weighted by atomic mass is 35.5. The minimum Gasteiger partial charge on any atom is -0.229 e. The predicted octanol–water partition coefficient (Wildman–Crippen LogP) is 1.99. The van der Waals surface area contributed by atoms with Crippen molar-refractivity contribution in [1.82, 2.24) is 0 Å². The van der Waals surface area contributed by atoms with Crippen LogP contribution in [0.1, 0.15) is 11.5 Å². The average Bonchev–Trinajstić information content (AvgIpc) is 2.91. The Bertz CT molecular complexity index is 562. The lowest BCUT2D eigenvalue weighted by atomic mass is 10.1. The van der Waals surface area contributed by atoms with E-state index >= 15 is 0 Å². The zero-order chi connectivity index (χ0) is 11.9. The molecular weight excluding hydrogens is 246 g/mol. The van der Waals surface area contributed by atoms with Crippen LogP contribution < -0.4 is 0 Å². The molecule has 3 nitrogen and oxygen atoms in total. The Morgan fingerprint density at radius 3 is 2.56 bits per heavy atom. The van der Waals surface area contributed by atoms with Gasteiger partial charge in [-0.15, -0.1) is 0 Å². The molecule has 0 radical (unpaired) electrons. The van der Waals surface area contributed by atoms with Gasteiger partial charge in [0.2, 0.25) is 0 Å². The van der Waals surface area contributed by atoms with Crippen molar-refractivity contribution in [3.05, 3.63) is 34.9 Å². The van der Waals surface area contributed by atoms with E-state index in [9.17, 15) is 8.42 Å². The molecule has 0 aromatic heterocycles. The molecule has 16 heavy (non-hydrogen) atoms. The number of benzene rings is 1. The van der Waals surface area contributed by atoms with E-state index in [2.05, 4.69) is 0 Å². The average molecular weight is 256 g/mol. The van der Waals surface area contributed by atoms with E-state index in [1.807, 2.05) is 12.1 Å². The summed E-state index contributed by atoms with van der Waals surface area (Å²) in [5, 5.41) is 8.88. The van der Waals surface area contributed by atoms with Gasteiger partial charge in [-0.2, -0.15) is 5.26 Å². The third-order valence-corrected chi connectivity index (χ3v) is 4.64. The van der Waals surface area contributed by atoms with Crippen molar-refractivity contribution >= 4 is 21.4 Å². The first-order valence-corrected chi connectivity index (χ1v) is 7.12. The van der Waals surface area contributed by atoms with Gasteiger partial charge in [0.1, 0.15) is 0 Å². The third-order valence-electron chi connectivity index (χ3n) is 2.83. The fraction of sp³-hybridized carbons (Fsp3) is 0.364. The SMILES string of the molecule is CS(=O)(=O)C1C(C#N)C1c1cccc(Cl)c1. The normalized spacial score (nSPS) is 28.4. The smallest absolute Gasteiger partial charge is 0.152 e. The minimum absolute atomic E-state index is 0.223. The number of rotatable bonds is 2. The topological polar surface area (TPSA) is 57.9 Å². The maximum absolute atomic E-state index is 11.4. The first kappa shape index (κ1) is 11.4. The van der Waals surface area contributed by atoms with Crippen LogP contribution in [0.3, 0.4) is 0 Å². The Kier molecular flexibility index (Phi) is 2.69. The molecule has 0 N–H and O–H groups in total. The van der Waals surface area contributed by atoms with Crippen molar-refractivity contribution in [3.8, 4) is 6.07 Å². The maximum atomic E-state index is 11.4. The second kappa shape index (κ2) is 3.76. The molecule has 0 aliphatic heterocycles. The van der Waals surface area contributed by atoms with Crippen molar-refractivity contribution in [1.29, 1.82) is 5.26 Å². The van der Waals surface area contributed by atoms with Crippen LogP contribution in [0.15, 0.2) is 24.3 Å². The molecule has 2 rings (SSSR count). The van der Waals surface area contributed by atoms with Gasteiger partial charge in [-0.3, -0.25) is 0 Å². The van der Waals surface area contributed by atoms with Gasteiger partial charge in [-0.25, -0.2) is 8.42 Å². The number of nitriles is 1. The lowest BCUT2D eigenvalue weighted by Gasteiger charge is -1.99. The molecule has 0 heterocycles. The molecule has 1 aromatic carbocycles. The molecule has 5 heteroatoms. The number of hydrogen-bond donors (Lipinski definition) is 0. The number of sulfone groups is 1. The van der Waals surface area contributed by atoms with Crippen LogP contribution in [0, 0.1) is 17.2 Å². The summed E-state index contributed by atoms with van der Waals surface area (Å²) >= 11 is 5.84. The Balaban J connectivity index is 2.35. The zero-order valence-corrected chi connectivity index (χ0v) is 10.2. The molecule has 1 fully saturated rings. The molecule has 3 atom stereocenters. The molecule has 1 aliphatic rings. The van der Waals surface area contributed by atoms with Crippen LogP contribution in [0.2, 0.25) is 5.02 Å². The first-order valence-electron chi connectivity index (χ1n) is 4.79. The Morgan fingerprint density at radius 2 is 2.12 bits per heavy atom. The van der Waals surface area contributed by atoms with Crippen molar-refractivity contribution in [2.45, 2.75) is 11.2 Å². The quantitative estimate of drug-likeness (QED) is 0.812. The van der Waals surface area contributed by atoms with E-state index in [1.165, 1.54) is 6.26 Å². The summed E-state index contributed by atoms with van der Waals surface area (Å²) in [6.45, 7) is 0. The highest BCUT2D eigenvalue weighted by molar-refractivity contribution is 7.91. The zero-order valence-electron chi connectivity index (χ0n) is 8.59. The molecule has 0 bridgehead atoms. The highest BCUT2D eigenvalue weighted by Crippen LogP contribution is 2.51. The first-order chi connectivity index (χ1) is 7.45. The van der Waals surface area contributed by atoms with Crippen LogP contribution in [0.4, 0.5) is 0 Å². The number of nitrogens with zero attached hydrogens (tertiary/aromatic N) is 1. The van der Waals surface area contributed by atoms with Crippen molar-refractivity contribution in [2.24, 2.45) is 5.92 Å². The Labute approximate surface area is 99.6 Å². The third kappa shape index (κ3) is 1.93. The molecule has 1 aromatic rings. The summed E-state index contributed by atoms with van der Waals surface area (Å²) in [4.78, 5) is 0. The molecule has 0 amide bonds. The number of halogens is 1. The van der Waals surface area contributed by atoms with E-state index < -0.39 is 21.0 Å². The van der Waals surface area contributed by atoms with Crippen LogP contribution in [-0.2, 0) is 9.84 Å². The maximum Gasteiger partial charge on any atom is 0.152 e. The number of hydrogen-bond acceptors (Lipinski definition) is 3. The largest absolute Gasteiger partial charge is 0.229 e. The summed E-state index contributed by atoms with van der Waals surface area (Å²) in [5.41, 5.74) is 0.828. The Morgan fingerprint density at radius 1 is 1.44 bits per heavy atom. The van der Waals surface area contributed by atoms with Gasteiger partial charge in [0.05, 0.1) is 17.2 Å². The van der Waals surface area contributed by atoms with Gasteiger partial charge in [-0.1, -0.05) is 23.7 Å². The van der Waals surface area contributed by atoms with Gasteiger partial charge in [0.25, 0.3) is 0 Å². The summed E-state index contributed by atoms with van der Waals surface area (Å²) < 4.78 is 22.9. The van der Waals surface area contributed by atoms with E-state index in [1.54, 1.807) is 18.2 Å². The molecule has 1 aliphatic carbocycles. The van der Waals surface area contributed by atoms with E-state index in [4.69, 9.17) is 16.9 Å². The fourth-order valence-electron chi connectivity index (χ4n) is 2.08. The molecule has 0 saturated heterocycles. The van der Waals surface area contributed by atoms with Crippen molar-refractivity contribution < 1.29 is 8.42 Å². The van der Waals surface area contributed by atoms with E-state index in [-0.39, 0.29) is 5.92 Å². The second-order valence-corrected chi connectivity index (χ2v) is 6.67. The van der Waals surface area contributed by atoms with Gasteiger partial charge in [0.15, 0.2) is 9.84 Å². The van der Waals surface area contributed by atoms with Gasteiger partial charge in [0, 0.05) is 17.2 Å². The van der Waals surface area contributed by atoms with E-state index in [0.29, 0.717) is 5.02 Å². The van der Waals surface area contributed by atoms with Gasteiger partial charge >= 0.3 is 0 Å². The fourth-order valence-corrected chi connectivity index (χ4v) is 3.81. The molecule has 84 valence electrons. The summed E-state index contributed by atoms with van der Waals surface area (Å²) in [6, 6.07) is 9.07. The lowest BCUT2D eigenvalue weighted by molar-refractivity contribution is 0.599. The molecular formula is C11H10ClNO2S. The minimum atomic E-state index is -3.17. The van der Waals surface area contributed by atoms with E-state index in [0.717, 1.165) is 5.56 Å². The molecule has 3 unspecified atom stereocenters.